The first kappa shape index (κ1) is 17.3. The van der Waals surface area contributed by atoms with Crippen LogP contribution in [0.3, 0.4) is 0 Å². The van der Waals surface area contributed by atoms with Gasteiger partial charge in [0.2, 0.25) is 5.91 Å². The Morgan fingerprint density at radius 1 is 0.913 bits per heavy atom. The van der Waals surface area contributed by atoms with E-state index < -0.39 is 0 Å². The summed E-state index contributed by atoms with van der Waals surface area (Å²) in [7, 11) is 0. The summed E-state index contributed by atoms with van der Waals surface area (Å²) in [6.45, 7) is 8.51. The highest BCUT2D eigenvalue weighted by Crippen LogP contribution is 2.20. The van der Waals surface area contributed by atoms with Crippen molar-refractivity contribution >= 4 is 11.6 Å². The van der Waals surface area contributed by atoms with Crippen LogP contribution in [0.25, 0.3) is 0 Å². The van der Waals surface area contributed by atoms with Crippen LogP contribution >= 0.6 is 0 Å². The van der Waals surface area contributed by atoms with Crippen molar-refractivity contribution in [3.05, 3.63) is 65.2 Å². The summed E-state index contributed by atoms with van der Waals surface area (Å²) in [5, 5.41) is 3.00. The van der Waals surface area contributed by atoms with Crippen molar-refractivity contribution in [3.63, 3.8) is 0 Å². The average molecular weight is 309 g/mol. The highest BCUT2D eigenvalue weighted by atomic mass is 16.1. The van der Waals surface area contributed by atoms with Crippen molar-refractivity contribution < 1.29 is 4.79 Å². The fraction of sp³-hybridized carbons (Fsp3) is 0.381. The summed E-state index contributed by atoms with van der Waals surface area (Å²) in [4.78, 5) is 12.4. The number of anilines is 1. The minimum atomic E-state index is -0.158. The second-order valence-electron chi connectivity index (χ2n) is 6.60. The number of rotatable bonds is 6. The molecule has 0 saturated carbocycles. The van der Waals surface area contributed by atoms with E-state index >= 15 is 0 Å². The minimum absolute atomic E-state index is 0.0332. The predicted molar refractivity (Wildman–Crippen MR) is 97.8 cm³/mol. The molecule has 1 atom stereocenters. The number of carbonyl (C=O) groups is 1. The Kier molecular flexibility index (Phi) is 5.97. The van der Waals surface area contributed by atoms with Crippen LogP contribution in [0, 0.1) is 5.92 Å². The lowest BCUT2D eigenvalue weighted by Gasteiger charge is -2.14. The Balaban J connectivity index is 2.00. The average Bonchev–Trinajstić information content (AvgIpc) is 2.55. The van der Waals surface area contributed by atoms with Crippen molar-refractivity contribution in [3.8, 4) is 0 Å². The summed E-state index contributed by atoms with van der Waals surface area (Å²) in [5.41, 5.74) is 4.51. The van der Waals surface area contributed by atoms with Gasteiger partial charge in [0, 0.05) is 5.69 Å². The van der Waals surface area contributed by atoms with Crippen molar-refractivity contribution in [2.45, 2.75) is 46.5 Å². The molecule has 0 spiro atoms. The third kappa shape index (κ3) is 4.95. The number of carbonyl (C=O) groups excluding carboxylic acids is 1. The van der Waals surface area contributed by atoms with Gasteiger partial charge in [-0.25, -0.2) is 0 Å². The molecule has 2 aromatic carbocycles. The maximum atomic E-state index is 12.4. The van der Waals surface area contributed by atoms with E-state index in [1.807, 2.05) is 19.1 Å². The summed E-state index contributed by atoms with van der Waals surface area (Å²) >= 11 is 0. The number of hydrogen-bond acceptors (Lipinski definition) is 1. The van der Waals surface area contributed by atoms with E-state index in [9.17, 15) is 4.79 Å². The SMILES string of the molecule is CCc1ccc(NC(=O)[C@@H](C)c2ccc(CC(C)C)cc2)cc1. The molecular formula is C21H27NO. The van der Waals surface area contributed by atoms with Crippen LogP contribution in [0.1, 0.15) is 50.3 Å². The van der Waals surface area contributed by atoms with Gasteiger partial charge in [-0.1, -0.05) is 57.2 Å². The van der Waals surface area contributed by atoms with Crippen LogP contribution in [0.2, 0.25) is 0 Å². The first-order valence-corrected chi connectivity index (χ1v) is 8.48. The maximum absolute atomic E-state index is 12.4. The van der Waals surface area contributed by atoms with Gasteiger partial charge in [-0.3, -0.25) is 4.79 Å². The fourth-order valence-electron chi connectivity index (χ4n) is 2.64. The topological polar surface area (TPSA) is 29.1 Å². The Hall–Kier alpha value is -2.09. The smallest absolute Gasteiger partial charge is 0.231 e. The molecule has 0 aromatic heterocycles. The van der Waals surface area contributed by atoms with Crippen LogP contribution in [-0.2, 0) is 17.6 Å². The van der Waals surface area contributed by atoms with Gasteiger partial charge in [0.1, 0.15) is 0 Å². The minimum Gasteiger partial charge on any atom is -0.326 e. The third-order valence-corrected chi connectivity index (χ3v) is 4.15. The van der Waals surface area contributed by atoms with Crippen LogP contribution < -0.4 is 5.32 Å². The van der Waals surface area contributed by atoms with Crippen molar-refractivity contribution in [2.75, 3.05) is 5.32 Å². The number of hydrogen-bond donors (Lipinski definition) is 1. The number of aryl methyl sites for hydroxylation is 1. The highest BCUT2D eigenvalue weighted by Gasteiger charge is 2.15. The lowest BCUT2D eigenvalue weighted by atomic mass is 9.96. The molecule has 0 bridgehead atoms. The van der Waals surface area contributed by atoms with Crippen molar-refractivity contribution in [1.82, 2.24) is 0 Å². The Bertz CT molecular complexity index is 626. The van der Waals surface area contributed by atoms with E-state index in [1.54, 1.807) is 0 Å². The molecule has 0 aliphatic heterocycles. The lowest BCUT2D eigenvalue weighted by Crippen LogP contribution is -2.18. The first-order valence-electron chi connectivity index (χ1n) is 8.48. The monoisotopic (exact) mass is 309 g/mol. The molecule has 0 aliphatic rings. The Morgan fingerprint density at radius 2 is 1.48 bits per heavy atom. The lowest BCUT2D eigenvalue weighted by molar-refractivity contribution is -0.117. The molecule has 1 N–H and O–H groups in total. The van der Waals surface area contributed by atoms with E-state index in [-0.39, 0.29) is 11.8 Å². The van der Waals surface area contributed by atoms with E-state index in [2.05, 4.69) is 62.5 Å². The molecule has 0 aliphatic carbocycles. The molecule has 2 rings (SSSR count). The zero-order chi connectivity index (χ0) is 16.8. The molecule has 1 amide bonds. The molecule has 0 radical (unpaired) electrons. The van der Waals surface area contributed by atoms with Gasteiger partial charge in [0.05, 0.1) is 5.92 Å². The third-order valence-electron chi connectivity index (χ3n) is 4.15. The van der Waals surface area contributed by atoms with Crippen LogP contribution in [-0.4, -0.2) is 5.91 Å². The molecule has 2 nitrogen and oxygen atoms in total. The normalized spacial score (nSPS) is 12.2. The summed E-state index contributed by atoms with van der Waals surface area (Å²) in [6, 6.07) is 16.5. The molecule has 2 aromatic rings. The number of nitrogens with one attached hydrogen (secondary N) is 1. The Morgan fingerprint density at radius 3 is 2.00 bits per heavy atom. The number of benzene rings is 2. The quantitative estimate of drug-likeness (QED) is 0.781. The predicted octanol–water partition coefficient (Wildman–Crippen LogP) is 5.19. The molecule has 122 valence electrons. The van der Waals surface area contributed by atoms with Gasteiger partial charge < -0.3 is 5.32 Å². The van der Waals surface area contributed by atoms with E-state index in [4.69, 9.17) is 0 Å². The summed E-state index contributed by atoms with van der Waals surface area (Å²) in [6.07, 6.45) is 2.08. The molecular weight excluding hydrogens is 282 g/mol. The van der Waals surface area contributed by atoms with Crippen LogP contribution in [0.15, 0.2) is 48.5 Å². The van der Waals surface area contributed by atoms with Gasteiger partial charge >= 0.3 is 0 Å². The van der Waals surface area contributed by atoms with E-state index in [0.717, 1.165) is 24.1 Å². The highest BCUT2D eigenvalue weighted by molar-refractivity contribution is 5.95. The first-order chi connectivity index (χ1) is 11.0. The van der Waals surface area contributed by atoms with Crippen LogP contribution in [0.5, 0.6) is 0 Å². The molecule has 0 fully saturated rings. The van der Waals surface area contributed by atoms with Gasteiger partial charge in [-0.05, 0) is 54.5 Å². The maximum Gasteiger partial charge on any atom is 0.231 e. The van der Waals surface area contributed by atoms with E-state index in [0.29, 0.717) is 5.92 Å². The molecule has 2 heteroatoms. The summed E-state index contributed by atoms with van der Waals surface area (Å²) < 4.78 is 0. The Labute approximate surface area is 139 Å². The van der Waals surface area contributed by atoms with Gasteiger partial charge in [-0.2, -0.15) is 0 Å². The van der Waals surface area contributed by atoms with Gasteiger partial charge in [0.25, 0.3) is 0 Å². The molecule has 0 unspecified atom stereocenters. The van der Waals surface area contributed by atoms with Gasteiger partial charge in [0.15, 0.2) is 0 Å². The second-order valence-corrected chi connectivity index (χ2v) is 6.60. The van der Waals surface area contributed by atoms with Crippen molar-refractivity contribution in [2.24, 2.45) is 5.92 Å². The largest absolute Gasteiger partial charge is 0.326 e. The van der Waals surface area contributed by atoms with Gasteiger partial charge in [-0.15, -0.1) is 0 Å². The van der Waals surface area contributed by atoms with E-state index in [1.165, 1.54) is 11.1 Å². The zero-order valence-electron chi connectivity index (χ0n) is 14.6. The summed E-state index contributed by atoms with van der Waals surface area (Å²) in [5.74, 6) is 0.521. The molecule has 0 saturated heterocycles. The fourth-order valence-corrected chi connectivity index (χ4v) is 2.64. The zero-order valence-corrected chi connectivity index (χ0v) is 14.6. The molecule has 23 heavy (non-hydrogen) atoms. The second kappa shape index (κ2) is 7.96. The van der Waals surface area contributed by atoms with Crippen LogP contribution in [0.4, 0.5) is 5.69 Å². The standard InChI is InChI=1S/C21H27NO/c1-5-17-8-12-20(13-9-17)22-21(23)16(4)19-10-6-18(7-11-19)14-15(2)3/h6-13,15-16H,5,14H2,1-4H3,(H,22,23)/t16-/m0/s1. The van der Waals surface area contributed by atoms with Crippen molar-refractivity contribution in [1.29, 1.82) is 0 Å². The number of amides is 1. The molecule has 0 heterocycles.